The Morgan fingerprint density at radius 1 is 1.08 bits per heavy atom. The molecule has 2 aliphatic heterocycles. The Kier molecular flexibility index (Phi) is 6.20. The van der Waals surface area contributed by atoms with Crippen LogP contribution in [-0.2, 0) is 9.59 Å². The molecule has 25 heavy (non-hydrogen) atoms. The second kappa shape index (κ2) is 8.39. The van der Waals surface area contributed by atoms with Crippen LogP contribution >= 0.6 is 23.2 Å². The van der Waals surface area contributed by atoms with Crippen molar-refractivity contribution in [2.45, 2.75) is 25.7 Å². The number of likely N-dealkylation sites (tertiary alicyclic amines) is 2. The van der Waals surface area contributed by atoms with E-state index in [1.54, 1.807) is 18.2 Å². The molecule has 5 nitrogen and oxygen atoms in total. The first kappa shape index (κ1) is 18.5. The summed E-state index contributed by atoms with van der Waals surface area (Å²) in [5.41, 5.74) is 0.526. The fraction of sp³-hybridized carbons (Fsp3) is 0.556. The molecule has 0 unspecified atom stereocenters. The van der Waals surface area contributed by atoms with Gasteiger partial charge in [-0.15, -0.1) is 0 Å². The van der Waals surface area contributed by atoms with Crippen LogP contribution < -0.4 is 5.32 Å². The van der Waals surface area contributed by atoms with E-state index in [0.717, 1.165) is 51.9 Å². The number of anilines is 1. The predicted octanol–water partition coefficient (Wildman–Crippen LogP) is 3.27. The third-order valence-corrected chi connectivity index (χ3v) is 5.49. The number of carbonyl (C=O) groups excluding carboxylic acids is 2. The van der Waals surface area contributed by atoms with Crippen molar-refractivity contribution in [1.82, 2.24) is 9.80 Å². The number of nitrogens with one attached hydrogen (secondary N) is 1. The van der Waals surface area contributed by atoms with Gasteiger partial charge >= 0.3 is 0 Å². The minimum absolute atomic E-state index is 0.111. The molecule has 136 valence electrons. The first-order valence-corrected chi connectivity index (χ1v) is 9.54. The smallest absolute Gasteiger partial charge is 0.238 e. The standard InChI is InChI=1S/C18H23Cl2N3O2/c19-14-3-4-15(20)16(11-14)21-17(24)12-22-9-5-13(6-10-22)18(25)23-7-1-2-8-23/h3-4,11,13H,1-2,5-10,12H2,(H,21,24). The molecule has 1 aromatic rings. The van der Waals surface area contributed by atoms with Crippen LogP contribution in [0.2, 0.25) is 10.0 Å². The topological polar surface area (TPSA) is 52.7 Å². The summed E-state index contributed by atoms with van der Waals surface area (Å²) in [6, 6.07) is 4.99. The quantitative estimate of drug-likeness (QED) is 0.867. The van der Waals surface area contributed by atoms with E-state index >= 15 is 0 Å². The van der Waals surface area contributed by atoms with Gasteiger partial charge in [-0.05, 0) is 57.0 Å². The highest BCUT2D eigenvalue weighted by Crippen LogP contribution is 2.26. The van der Waals surface area contributed by atoms with Gasteiger partial charge in [-0.1, -0.05) is 23.2 Å². The molecule has 0 bridgehead atoms. The van der Waals surface area contributed by atoms with Crippen LogP contribution in [0, 0.1) is 5.92 Å². The molecule has 0 atom stereocenters. The number of halogens is 2. The molecule has 2 fully saturated rings. The Labute approximate surface area is 158 Å². The summed E-state index contributed by atoms with van der Waals surface area (Å²) in [6.07, 6.45) is 3.88. The molecule has 0 aromatic heterocycles. The molecular weight excluding hydrogens is 361 g/mol. The maximum Gasteiger partial charge on any atom is 0.238 e. The zero-order valence-corrected chi connectivity index (χ0v) is 15.7. The van der Waals surface area contributed by atoms with Crippen molar-refractivity contribution in [2.75, 3.05) is 38.0 Å². The van der Waals surface area contributed by atoms with Crippen molar-refractivity contribution in [2.24, 2.45) is 5.92 Å². The molecule has 0 spiro atoms. The Balaban J connectivity index is 1.46. The highest BCUT2D eigenvalue weighted by molar-refractivity contribution is 6.35. The average Bonchev–Trinajstić information content (AvgIpc) is 3.13. The first-order valence-electron chi connectivity index (χ1n) is 8.79. The van der Waals surface area contributed by atoms with Crippen LogP contribution in [0.3, 0.4) is 0 Å². The molecular formula is C18H23Cl2N3O2. The third-order valence-electron chi connectivity index (χ3n) is 4.92. The van der Waals surface area contributed by atoms with E-state index < -0.39 is 0 Å². The van der Waals surface area contributed by atoms with Gasteiger partial charge in [0.1, 0.15) is 0 Å². The van der Waals surface area contributed by atoms with Gasteiger partial charge in [-0.25, -0.2) is 0 Å². The number of amides is 2. The van der Waals surface area contributed by atoms with Crippen LogP contribution in [0.15, 0.2) is 18.2 Å². The van der Waals surface area contributed by atoms with Gasteiger partial charge in [-0.3, -0.25) is 14.5 Å². The lowest BCUT2D eigenvalue weighted by Crippen LogP contribution is -2.43. The predicted molar refractivity (Wildman–Crippen MR) is 100 cm³/mol. The highest BCUT2D eigenvalue weighted by Gasteiger charge is 2.30. The van der Waals surface area contributed by atoms with Gasteiger partial charge in [0.25, 0.3) is 0 Å². The SMILES string of the molecule is O=C(CN1CCC(C(=O)N2CCCC2)CC1)Nc1cc(Cl)ccc1Cl. The second-order valence-corrected chi connectivity index (χ2v) is 7.60. The van der Waals surface area contributed by atoms with Crippen LogP contribution in [0.1, 0.15) is 25.7 Å². The molecule has 7 heteroatoms. The molecule has 2 heterocycles. The van der Waals surface area contributed by atoms with E-state index in [2.05, 4.69) is 10.2 Å². The summed E-state index contributed by atoms with van der Waals surface area (Å²) in [4.78, 5) is 28.8. The molecule has 0 aliphatic carbocycles. The third kappa shape index (κ3) is 4.87. The maximum absolute atomic E-state index is 12.4. The highest BCUT2D eigenvalue weighted by atomic mass is 35.5. The average molecular weight is 384 g/mol. The lowest BCUT2D eigenvalue weighted by molar-refractivity contribution is -0.136. The van der Waals surface area contributed by atoms with Gasteiger partial charge in [0.2, 0.25) is 11.8 Å². The van der Waals surface area contributed by atoms with Crippen LogP contribution in [0.25, 0.3) is 0 Å². The van der Waals surface area contributed by atoms with E-state index in [-0.39, 0.29) is 11.8 Å². The van der Waals surface area contributed by atoms with Crippen molar-refractivity contribution in [3.05, 3.63) is 28.2 Å². The van der Waals surface area contributed by atoms with Crippen LogP contribution in [-0.4, -0.2) is 54.3 Å². The fourth-order valence-corrected chi connectivity index (χ4v) is 3.86. The van der Waals surface area contributed by atoms with Gasteiger partial charge < -0.3 is 10.2 Å². The number of hydrogen-bond acceptors (Lipinski definition) is 3. The molecule has 0 saturated carbocycles. The molecule has 2 amide bonds. The van der Waals surface area contributed by atoms with Crippen molar-refractivity contribution < 1.29 is 9.59 Å². The van der Waals surface area contributed by atoms with E-state index in [1.807, 2.05) is 4.90 Å². The minimum Gasteiger partial charge on any atom is -0.342 e. The summed E-state index contributed by atoms with van der Waals surface area (Å²) >= 11 is 12.0. The lowest BCUT2D eigenvalue weighted by Gasteiger charge is -2.32. The van der Waals surface area contributed by atoms with E-state index in [9.17, 15) is 9.59 Å². The van der Waals surface area contributed by atoms with Gasteiger partial charge in [0.15, 0.2) is 0 Å². The number of piperidine rings is 1. The zero-order valence-electron chi connectivity index (χ0n) is 14.1. The van der Waals surface area contributed by atoms with Crippen molar-refractivity contribution >= 4 is 40.7 Å². The summed E-state index contributed by atoms with van der Waals surface area (Å²) in [5, 5.41) is 3.80. The summed E-state index contributed by atoms with van der Waals surface area (Å²) in [6.45, 7) is 3.64. The van der Waals surface area contributed by atoms with Gasteiger partial charge in [0.05, 0.1) is 17.3 Å². The lowest BCUT2D eigenvalue weighted by atomic mass is 9.95. The van der Waals surface area contributed by atoms with Crippen molar-refractivity contribution in [3.63, 3.8) is 0 Å². The maximum atomic E-state index is 12.4. The molecule has 2 aliphatic rings. The molecule has 1 aromatic carbocycles. The number of hydrogen-bond donors (Lipinski definition) is 1. The fourth-order valence-electron chi connectivity index (χ4n) is 3.52. The monoisotopic (exact) mass is 383 g/mol. The van der Waals surface area contributed by atoms with E-state index in [1.165, 1.54) is 0 Å². The Bertz CT molecular complexity index is 639. The van der Waals surface area contributed by atoms with Crippen molar-refractivity contribution in [1.29, 1.82) is 0 Å². The molecule has 1 N–H and O–H groups in total. The van der Waals surface area contributed by atoms with Gasteiger partial charge in [0, 0.05) is 24.0 Å². The van der Waals surface area contributed by atoms with Gasteiger partial charge in [-0.2, -0.15) is 0 Å². The minimum atomic E-state index is -0.117. The number of benzene rings is 1. The largest absolute Gasteiger partial charge is 0.342 e. The van der Waals surface area contributed by atoms with E-state index in [4.69, 9.17) is 23.2 Å². The zero-order chi connectivity index (χ0) is 17.8. The molecule has 2 saturated heterocycles. The Hall–Kier alpha value is -1.30. The number of carbonyl (C=O) groups is 2. The summed E-state index contributed by atoms with van der Waals surface area (Å²) in [5.74, 6) is 0.292. The second-order valence-electron chi connectivity index (χ2n) is 6.76. The van der Waals surface area contributed by atoms with Crippen molar-refractivity contribution in [3.8, 4) is 0 Å². The number of rotatable bonds is 4. The Morgan fingerprint density at radius 2 is 1.76 bits per heavy atom. The number of nitrogens with zero attached hydrogens (tertiary/aromatic N) is 2. The van der Waals surface area contributed by atoms with E-state index in [0.29, 0.717) is 28.2 Å². The molecule has 0 radical (unpaired) electrons. The molecule has 3 rings (SSSR count). The summed E-state index contributed by atoms with van der Waals surface area (Å²) < 4.78 is 0. The summed E-state index contributed by atoms with van der Waals surface area (Å²) in [7, 11) is 0. The van der Waals surface area contributed by atoms with Crippen LogP contribution in [0.5, 0.6) is 0 Å². The first-order chi connectivity index (χ1) is 12.0. The normalized spacial score (nSPS) is 19.2. The van der Waals surface area contributed by atoms with Crippen LogP contribution in [0.4, 0.5) is 5.69 Å². The Morgan fingerprint density at radius 3 is 2.44 bits per heavy atom.